The van der Waals surface area contributed by atoms with Crippen molar-refractivity contribution in [1.82, 2.24) is 10.2 Å². The van der Waals surface area contributed by atoms with Crippen molar-refractivity contribution in [3.63, 3.8) is 0 Å². The summed E-state index contributed by atoms with van der Waals surface area (Å²) in [5, 5.41) is 5.77. The van der Waals surface area contributed by atoms with Crippen LogP contribution in [0.3, 0.4) is 0 Å². The molecule has 2 rings (SSSR count). The second kappa shape index (κ2) is 11.1. The third kappa shape index (κ3) is 6.53. The Labute approximate surface area is 191 Å². The van der Waals surface area contributed by atoms with E-state index in [4.69, 9.17) is 17.0 Å². The molecule has 2 N–H and O–H groups in total. The van der Waals surface area contributed by atoms with Crippen LogP contribution in [0.4, 0.5) is 5.69 Å². The summed E-state index contributed by atoms with van der Waals surface area (Å²) in [5.74, 6) is 0.317. The first-order valence-corrected chi connectivity index (χ1v) is 10.9. The number of nitrogens with zero attached hydrogens (tertiary/aromatic N) is 1. The molecule has 0 saturated heterocycles. The molecule has 0 unspecified atom stereocenters. The van der Waals surface area contributed by atoms with E-state index >= 15 is 0 Å². The van der Waals surface area contributed by atoms with E-state index < -0.39 is 0 Å². The van der Waals surface area contributed by atoms with E-state index in [1.165, 1.54) is 0 Å². The van der Waals surface area contributed by atoms with Gasteiger partial charge < -0.3 is 15.0 Å². The van der Waals surface area contributed by atoms with Crippen molar-refractivity contribution >= 4 is 50.8 Å². The summed E-state index contributed by atoms with van der Waals surface area (Å²) in [6.07, 6.45) is 0.0338. The Hall–Kier alpha value is -2.45. The lowest BCUT2D eigenvalue weighted by atomic mass is 10.2. The fourth-order valence-corrected chi connectivity index (χ4v) is 3.40. The Bertz CT molecular complexity index is 912. The van der Waals surface area contributed by atoms with Crippen LogP contribution >= 0.6 is 28.1 Å². The van der Waals surface area contributed by atoms with Gasteiger partial charge in [-0.3, -0.25) is 14.9 Å². The molecule has 0 aliphatic rings. The summed E-state index contributed by atoms with van der Waals surface area (Å²) in [7, 11) is 0. The molecule has 8 heteroatoms. The molecule has 2 aromatic rings. The molecule has 0 radical (unpaired) electrons. The van der Waals surface area contributed by atoms with Crippen LogP contribution in [0, 0.1) is 0 Å². The van der Waals surface area contributed by atoms with Gasteiger partial charge in [-0.2, -0.15) is 0 Å². The van der Waals surface area contributed by atoms with Crippen molar-refractivity contribution in [1.29, 1.82) is 0 Å². The first-order valence-electron chi connectivity index (χ1n) is 9.73. The Kier molecular flexibility index (Phi) is 8.80. The van der Waals surface area contributed by atoms with Gasteiger partial charge >= 0.3 is 0 Å². The van der Waals surface area contributed by atoms with Crippen LogP contribution in [0.15, 0.2) is 46.9 Å². The largest absolute Gasteiger partial charge is 0.490 e. The summed E-state index contributed by atoms with van der Waals surface area (Å²) in [5.41, 5.74) is 1.73. The summed E-state index contributed by atoms with van der Waals surface area (Å²) in [6, 6.07) is 12.1. The van der Waals surface area contributed by atoms with Gasteiger partial charge in [-0.25, -0.2) is 0 Å². The van der Waals surface area contributed by atoms with Gasteiger partial charge in [0.2, 0.25) is 0 Å². The standard InChI is InChI=1S/C22H26BrN3O3S/c1-5-26(6-2)21(28)15-7-10-17(11-8-15)24-22(30)25-20(27)16-9-12-19(18(23)13-16)29-14(3)4/h7-14H,5-6H2,1-4H3,(H2,24,25,27,30). The Morgan fingerprint density at radius 3 is 2.20 bits per heavy atom. The average Bonchev–Trinajstić information content (AvgIpc) is 2.70. The highest BCUT2D eigenvalue weighted by molar-refractivity contribution is 9.10. The number of nitrogens with one attached hydrogen (secondary N) is 2. The summed E-state index contributed by atoms with van der Waals surface area (Å²) < 4.78 is 6.34. The van der Waals surface area contributed by atoms with Crippen LogP contribution in [-0.2, 0) is 0 Å². The molecule has 160 valence electrons. The number of benzene rings is 2. The lowest BCUT2D eigenvalue weighted by Gasteiger charge is -2.18. The number of rotatable bonds is 7. The third-order valence-corrected chi connectivity index (χ3v) is 5.05. The van der Waals surface area contributed by atoms with E-state index in [0.717, 1.165) is 0 Å². The molecule has 0 aliphatic carbocycles. The number of hydrogen-bond donors (Lipinski definition) is 2. The normalized spacial score (nSPS) is 10.5. The minimum absolute atomic E-state index is 0.0158. The number of ether oxygens (including phenoxy) is 1. The minimum Gasteiger partial charge on any atom is -0.490 e. The molecule has 0 spiro atoms. The van der Waals surface area contributed by atoms with Gasteiger partial charge in [-0.05, 0) is 98.3 Å². The monoisotopic (exact) mass is 491 g/mol. The number of amides is 2. The van der Waals surface area contributed by atoms with Gasteiger partial charge in [0.15, 0.2) is 5.11 Å². The van der Waals surface area contributed by atoms with Crippen LogP contribution in [0.25, 0.3) is 0 Å². The molecule has 0 aromatic heterocycles. The lowest BCUT2D eigenvalue weighted by Crippen LogP contribution is -2.34. The van der Waals surface area contributed by atoms with E-state index in [0.29, 0.717) is 40.1 Å². The highest BCUT2D eigenvalue weighted by Crippen LogP contribution is 2.27. The van der Waals surface area contributed by atoms with Crippen molar-refractivity contribution in [2.45, 2.75) is 33.8 Å². The topological polar surface area (TPSA) is 70.7 Å². The molecule has 0 bridgehead atoms. The molecule has 0 saturated carbocycles. The number of anilines is 1. The van der Waals surface area contributed by atoms with Crippen LogP contribution in [0.2, 0.25) is 0 Å². The summed E-state index contributed by atoms with van der Waals surface area (Å²) in [6.45, 7) is 9.08. The van der Waals surface area contributed by atoms with Gasteiger partial charge in [-0.1, -0.05) is 0 Å². The quantitative estimate of drug-likeness (QED) is 0.541. The summed E-state index contributed by atoms with van der Waals surface area (Å²) >= 11 is 8.66. The van der Waals surface area contributed by atoms with E-state index in [-0.39, 0.29) is 23.0 Å². The van der Waals surface area contributed by atoms with Crippen molar-refractivity contribution in [2.24, 2.45) is 0 Å². The molecule has 0 atom stereocenters. The van der Waals surface area contributed by atoms with E-state index in [9.17, 15) is 9.59 Å². The zero-order valence-corrected chi connectivity index (χ0v) is 19.9. The molecule has 6 nitrogen and oxygen atoms in total. The third-order valence-electron chi connectivity index (χ3n) is 4.22. The van der Waals surface area contributed by atoms with Crippen molar-refractivity contribution in [3.05, 3.63) is 58.1 Å². The Balaban J connectivity index is 1.97. The SMILES string of the molecule is CCN(CC)C(=O)c1ccc(NC(=S)NC(=O)c2ccc(OC(C)C)c(Br)c2)cc1. The van der Waals surface area contributed by atoms with Gasteiger partial charge in [-0.15, -0.1) is 0 Å². The smallest absolute Gasteiger partial charge is 0.257 e. The van der Waals surface area contributed by atoms with Gasteiger partial charge in [0.25, 0.3) is 11.8 Å². The Morgan fingerprint density at radius 1 is 1.07 bits per heavy atom. The molecular formula is C22H26BrN3O3S. The van der Waals surface area contributed by atoms with Crippen LogP contribution in [-0.4, -0.2) is 41.0 Å². The number of halogens is 1. The van der Waals surface area contributed by atoms with E-state index in [2.05, 4.69) is 26.6 Å². The number of carbonyl (C=O) groups is 2. The predicted molar refractivity (Wildman–Crippen MR) is 127 cm³/mol. The van der Waals surface area contributed by atoms with Gasteiger partial charge in [0.1, 0.15) is 5.75 Å². The predicted octanol–water partition coefficient (Wildman–Crippen LogP) is 4.85. The maximum absolute atomic E-state index is 12.5. The zero-order chi connectivity index (χ0) is 22.3. The molecule has 0 heterocycles. The van der Waals surface area contributed by atoms with Crippen molar-refractivity contribution in [2.75, 3.05) is 18.4 Å². The highest BCUT2D eigenvalue weighted by atomic mass is 79.9. The minimum atomic E-state index is -0.336. The second-order valence-electron chi connectivity index (χ2n) is 6.77. The van der Waals surface area contributed by atoms with Crippen molar-refractivity contribution in [3.8, 4) is 5.75 Å². The first kappa shape index (κ1) is 23.8. The fourth-order valence-electron chi connectivity index (χ4n) is 2.72. The van der Waals surface area contributed by atoms with Crippen molar-refractivity contribution < 1.29 is 14.3 Å². The fraction of sp³-hybridized carbons (Fsp3) is 0.318. The molecule has 2 amide bonds. The van der Waals surface area contributed by atoms with E-state index in [1.54, 1.807) is 47.4 Å². The number of carbonyl (C=O) groups excluding carboxylic acids is 2. The maximum Gasteiger partial charge on any atom is 0.257 e. The van der Waals surface area contributed by atoms with Gasteiger partial charge in [0, 0.05) is 29.9 Å². The van der Waals surface area contributed by atoms with Crippen LogP contribution in [0.1, 0.15) is 48.4 Å². The van der Waals surface area contributed by atoms with Gasteiger partial charge in [0.05, 0.1) is 10.6 Å². The van der Waals surface area contributed by atoms with E-state index in [1.807, 2.05) is 27.7 Å². The zero-order valence-electron chi connectivity index (χ0n) is 17.5. The Morgan fingerprint density at radius 2 is 1.67 bits per heavy atom. The number of thiocarbonyl (C=S) groups is 1. The highest BCUT2D eigenvalue weighted by Gasteiger charge is 2.14. The molecule has 30 heavy (non-hydrogen) atoms. The summed E-state index contributed by atoms with van der Waals surface area (Å²) in [4.78, 5) is 26.6. The molecular weight excluding hydrogens is 466 g/mol. The first-order chi connectivity index (χ1) is 14.2. The number of hydrogen-bond acceptors (Lipinski definition) is 4. The maximum atomic E-state index is 12.5. The molecule has 2 aromatic carbocycles. The van der Waals surface area contributed by atoms with Crippen LogP contribution in [0.5, 0.6) is 5.75 Å². The lowest BCUT2D eigenvalue weighted by molar-refractivity contribution is 0.0772. The van der Waals surface area contributed by atoms with Crippen LogP contribution < -0.4 is 15.4 Å². The molecule has 0 aliphatic heterocycles. The molecule has 0 fully saturated rings. The average molecular weight is 492 g/mol. The second-order valence-corrected chi connectivity index (χ2v) is 8.04.